The van der Waals surface area contributed by atoms with Gasteiger partial charge in [0.15, 0.2) is 11.5 Å². The molecule has 0 aliphatic carbocycles. The molecule has 2 heterocycles. The normalized spacial score (nSPS) is 10.7. The Morgan fingerprint density at radius 2 is 1.77 bits per heavy atom. The number of aromatic nitrogens is 4. The molecule has 2 aromatic heterocycles. The van der Waals surface area contributed by atoms with Crippen molar-refractivity contribution in [2.24, 2.45) is 0 Å². The van der Waals surface area contributed by atoms with E-state index >= 15 is 0 Å². The zero-order valence-electron chi connectivity index (χ0n) is 17.6. The molecule has 1 N–H and O–H groups in total. The fourth-order valence-electron chi connectivity index (χ4n) is 3.24. The van der Waals surface area contributed by atoms with Gasteiger partial charge in [-0.25, -0.2) is 4.68 Å². The number of anilines is 1. The summed E-state index contributed by atoms with van der Waals surface area (Å²) in [5.74, 6) is 1.31. The average molecular weight is 417 g/mol. The molecule has 4 rings (SSSR count). The van der Waals surface area contributed by atoms with Gasteiger partial charge in [-0.3, -0.25) is 4.79 Å². The smallest absolute Gasteiger partial charge is 0.280 e. The summed E-state index contributed by atoms with van der Waals surface area (Å²) < 4.78 is 14.1. The van der Waals surface area contributed by atoms with E-state index in [1.807, 2.05) is 60.3 Å². The molecular formula is C23H23N5O3. The van der Waals surface area contributed by atoms with Gasteiger partial charge in [0.1, 0.15) is 11.5 Å². The van der Waals surface area contributed by atoms with Gasteiger partial charge in [-0.1, -0.05) is 35.0 Å². The van der Waals surface area contributed by atoms with E-state index in [2.05, 4.69) is 15.6 Å². The topological polar surface area (TPSA) is 83.2 Å². The summed E-state index contributed by atoms with van der Waals surface area (Å²) in [6, 6.07) is 17.1. The molecule has 1 amide bonds. The van der Waals surface area contributed by atoms with Crippen molar-refractivity contribution in [1.82, 2.24) is 19.6 Å². The lowest BCUT2D eigenvalue weighted by atomic mass is 10.1. The summed E-state index contributed by atoms with van der Waals surface area (Å²) in [4.78, 5) is 13.1. The van der Waals surface area contributed by atoms with Gasteiger partial charge in [0.05, 0.1) is 26.5 Å². The highest BCUT2D eigenvalue weighted by Crippen LogP contribution is 2.29. The van der Waals surface area contributed by atoms with Crippen LogP contribution >= 0.6 is 0 Å². The first kappa shape index (κ1) is 20.2. The molecule has 0 saturated carbocycles. The molecule has 0 saturated heterocycles. The maximum atomic E-state index is 13.1. The van der Waals surface area contributed by atoms with Crippen molar-refractivity contribution < 1.29 is 14.3 Å². The maximum absolute atomic E-state index is 13.1. The molecule has 31 heavy (non-hydrogen) atoms. The highest BCUT2D eigenvalue weighted by Gasteiger charge is 2.22. The molecule has 0 spiro atoms. The van der Waals surface area contributed by atoms with Crippen LogP contribution in [0.5, 0.6) is 11.5 Å². The van der Waals surface area contributed by atoms with Crippen molar-refractivity contribution in [2.75, 3.05) is 19.5 Å². The van der Waals surface area contributed by atoms with Gasteiger partial charge in [-0.05, 0) is 36.8 Å². The minimum Gasteiger partial charge on any atom is -0.497 e. The van der Waals surface area contributed by atoms with Crippen molar-refractivity contribution in [3.8, 4) is 17.3 Å². The fourth-order valence-corrected chi connectivity index (χ4v) is 3.24. The van der Waals surface area contributed by atoms with Crippen LogP contribution in [-0.2, 0) is 6.54 Å². The maximum Gasteiger partial charge on any atom is 0.280 e. The van der Waals surface area contributed by atoms with Gasteiger partial charge in [-0.15, -0.1) is 5.10 Å². The molecule has 4 aromatic rings. The predicted molar refractivity (Wildman–Crippen MR) is 117 cm³/mol. The number of methoxy groups -OCH3 is 2. The summed E-state index contributed by atoms with van der Waals surface area (Å²) in [5, 5.41) is 11.3. The lowest BCUT2D eigenvalue weighted by Crippen LogP contribution is -2.17. The standard InChI is InChI=1S/C23H23N5O3/c1-16-6-8-17(9-7-16)15-28-23(27-12-4-5-13-27)21(25-26-28)22(29)24-19-11-10-18(30-2)14-20(19)31-3/h4-14H,15H2,1-3H3,(H,24,29). The van der Waals surface area contributed by atoms with Crippen LogP contribution in [0.2, 0.25) is 0 Å². The van der Waals surface area contributed by atoms with Gasteiger partial charge < -0.3 is 19.4 Å². The van der Waals surface area contributed by atoms with Gasteiger partial charge in [0.2, 0.25) is 0 Å². The Balaban J connectivity index is 1.67. The first-order valence-electron chi connectivity index (χ1n) is 9.75. The first-order chi connectivity index (χ1) is 15.1. The monoisotopic (exact) mass is 417 g/mol. The van der Waals surface area contributed by atoms with Crippen LogP contribution in [0.25, 0.3) is 5.82 Å². The highest BCUT2D eigenvalue weighted by atomic mass is 16.5. The third-order valence-corrected chi connectivity index (χ3v) is 4.88. The van der Waals surface area contributed by atoms with Crippen molar-refractivity contribution in [3.05, 3.63) is 83.8 Å². The minimum atomic E-state index is -0.387. The molecule has 158 valence electrons. The van der Waals surface area contributed by atoms with Crippen LogP contribution in [0.3, 0.4) is 0 Å². The Labute approximate surface area is 180 Å². The molecule has 0 atom stereocenters. The molecule has 0 unspecified atom stereocenters. The van der Waals surface area contributed by atoms with E-state index < -0.39 is 0 Å². The predicted octanol–water partition coefficient (Wildman–Crippen LogP) is 3.70. The molecule has 0 aliphatic heterocycles. The Morgan fingerprint density at radius 1 is 1.03 bits per heavy atom. The zero-order chi connectivity index (χ0) is 21.8. The number of hydrogen-bond acceptors (Lipinski definition) is 5. The zero-order valence-corrected chi connectivity index (χ0v) is 17.6. The quantitative estimate of drug-likeness (QED) is 0.496. The first-order valence-corrected chi connectivity index (χ1v) is 9.75. The van der Waals surface area contributed by atoms with Crippen LogP contribution in [-0.4, -0.2) is 39.7 Å². The molecule has 8 heteroatoms. The number of nitrogens with one attached hydrogen (secondary N) is 1. The van der Waals surface area contributed by atoms with Crippen molar-refractivity contribution in [3.63, 3.8) is 0 Å². The summed E-state index contributed by atoms with van der Waals surface area (Å²) >= 11 is 0. The Hall–Kier alpha value is -4.07. The third kappa shape index (κ3) is 4.28. The second kappa shape index (κ2) is 8.74. The fraction of sp³-hybridized carbons (Fsp3) is 0.174. The van der Waals surface area contributed by atoms with E-state index in [4.69, 9.17) is 9.47 Å². The number of rotatable bonds is 7. The Kier molecular flexibility index (Phi) is 5.70. The lowest BCUT2D eigenvalue weighted by molar-refractivity contribution is 0.102. The van der Waals surface area contributed by atoms with E-state index in [-0.39, 0.29) is 11.6 Å². The van der Waals surface area contributed by atoms with Crippen molar-refractivity contribution in [2.45, 2.75) is 13.5 Å². The minimum absolute atomic E-state index is 0.209. The van der Waals surface area contributed by atoms with E-state index in [9.17, 15) is 4.79 Å². The number of hydrogen-bond donors (Lipinski definition) is 1. The molecule has 8 nitrogen and oxygen atoms in total. The molecular weight excluding hydrogens is 394 g/mol. The molecule has 2 aromatic carbocycles. The molecule has 0 bridgehead atoms. The Bertz CT molecular complexity index is 1180. The second-order valence-electron chi connectivity index (χ2n) is 7.02. The van der Waals surface area contributed by atoms with Crippen LogP contribution in [0.1, 0.15) is 21.6 Å². The second-order valence-corrected chi connectivity index (χ2v) is 7.02. The number of amides is 1. The van der Waals surface area contributed by atoms with Crippen molar-refractivity contribution in [1.29, 1.82) is 0 Å². The molecule has 0 aliphatic rings. The van der Waals surface area contributed by atoms with Crippen LogP contribution < -0.4 is 14.8 Å². The van der Waals surface area contributed by atoms with E-state index in [0.29, 0.717) is 29.5 Å². The SMILES string of the molecule is COc1ccc(NC(=O)c2nnn(Cc3ccc(C)cc3)c2-n2cccc2)c(OC)c1. The number of benzene rings is 2. The van der Waals surface area contributed by atoms with Crippen LogP contribution in [0.4, 0.5) is 5.69 Å². The van der Waals surface area contributed by atoms with Crippen molar-refractivity contribution >= 4 is 11.6 Å². The number of nitrogens with zero attached hydrogens (tertiary/aromatic N) is 4. The third-order valence-electron chi connectivity index (χ3n) is 4.88. The summed E-state index contributed by atoms with van der Waals surface area (Å²) in [6.07, 6.45) is 3.71. The number of aryl methyl sites for hydroxylation is 1. The number of ether oxygens (including phenoxy) is 2. The molecule has 0 radical (unpaired) electrons. The largest absolute Gasteiger partial charge is 0.497 e. The summed E-state index contributed by atoms with van der Waals surface area (Å²) in [5.41, 5.74) is 2.97. The summed E-state index contributed by atoms with van der Waals surface area (Å²) in [6.45, 7) is 2.53. The van der Waals surface area contributed by atoms with E-state index in [1.54, 1.807) is 30.0 Å². The van der Waals surface area contributed by atoms with Crippen LogP contribution in [0.15, 0.2) is 67.0 Å². The number of carbonyl (C=O) groups is 1. The van der Waals surface area contributed by atoms with Gasteiger partial charge in [-0.2, -0.15) is 0 Å². The van der Waals surface area contributed by atoms with E-state index in [1.165, 1.54) is 12.7 Å². The average Bonchev–Trinajstić information content (AvgIpc) is 3.45. The summed E-state index contributed by atoms with van der Waals surface area (Å²) in [7, 11) is 3.11. The van der Waals surface area contributed by atoms with Gasteiger partial charge in [0.25, 0.3) is 5.91 Å². The molecule has 0 fully saturated rings. The number of carbonyl (C=O) groups excluding carboxylic acids is 1. The Morgan fingerprint density at radius 3 is 2.45 bits per heavy atom. The van der Waals surface area contributed by atoms with Gasteiger partial charge >= 0.3 is 0 Å². The van der Waals surface area contributed by atoms with Crippen LogP contribution in [0, 0.1) is 6.92 Å². The van der Waals surface area contributed by atoms with E-state index in [0.717, 1.165) is 5.56 Å². The lowest BCUT2D eigenvalue weighted by Gasteiger charge is -2.12. The van der Waals surface area contributed by atoms with Gasteiger partial charge in [0, 0.05) is 18.5 Å². The highest BCUT2D eigenvalue weighted by molar-refractivity contribution is 6.05.